The molecular weight excluding hydrogens is 281 g/mol. The molecule has 0 saturated heterocycles. The zero-order valence-corrected chi connectivity index (χ0v) is 10.9. The highest BCUT2D eigenvalue weighted by Gasteiger charge is 2.12. The highest BCUT2D eigenvalue weighted by atomic mass is 19.1. The third-order valence-electron chi connectivity index (χ3n) is 2.49. The van der Waals surface area contributed by atoms with E-state index in [2.05, 4.69) is 14.9 Å². The quantitative estimate of drug-likeness (QED) is 0.790. The summed E-state index contributed by atoms with van der Waals surface area (Å²) in [7, 11) is 0. The van der Waals surface area contributed by atoms with Crippen LogP contribution in [0.15, 0.2) is 28.8 Å². The van der Waals surface area contributed by atoms with Crippen LogP contribution in [0.1, 0.15) is 12.3 Å². The monoisotopic (exact) mass is 293 g/mol. The molecule has 0 saturated carbocycles. The van der Waals surface area contributed by atoms with Crippen molar-refractivity contribution >= 4 is 11.9 Å². The fourth-order valence-corrected chi connectivity index (χ4v) is 1.51. The lowest BCUT2D eigenvalue weighted by Crippen LogP contribution is -2.21. The van der Waals surface area contributed by atoms with E-state index in [1.807, 2.05) is 0 Å². The Bertz CT molecular complexity index is 639. The number of nitrogens with zero attached hydrogens (tertiary/aromatic N) is 2. The SMILES string of the molecule is NC(=O)COC(=O)CCc1nc(-c2ccc(F)cc2)no1. The van der Waals surface area contributed by atoms with Crippen molar-refractivity contribution in [1.29, 1.82) is 0 Å². The third kappa shape index (κ3) is 4.37. The molecule has 110 valence electrons. The zero-order chi connectivity index (χ0) is 15.2. The van der Waals surface area contributed by atoms with Crippen LogP contribution in [0.25, 0.3) is 11.4 Å². The number of primary amides is 1. The molecule has 0 bridgehead atoms. The van der Waals surface area contributed by atoms with Gasteiger partial charge >= 0.3 is 5.97 Å². The Labute approximate surface area is 118 Å². The van der Waals surface area contributed by atoms with Crippen LogP contribution in [0.3, 0.4) is 0 Å². The number of carbonyl (C=O) groups is 2. The molecule has 0 aliphatic carbocycles. The molecule has 1 heterocycles. The molecule has 7 nitrogen and oxygen atoms in total. The third-order valence-corrected chi connectivity index (χ3v) is 2.49. The molecule has 2 rings (SSSR count). The number of amides is 1. The van der Waals surface area contributed by atoms with E-state index >= 15 is 0 Å². The number of aryl methyl sites for hydroxylation is 1. The molecule has 0 spiro atoms. The molecule has 1 aromatic heterocycles. The van der Waals surface area contributed by atoms with Gasteiger partial charge in [-0.15, -0.1) is 0 Å². The van der Waals surface area contributed by atoms with Crippen molar-refractivity contribution in [3.63, 3.8) is 0 Å². The van der Waals surface area contributed by atoms with Gasteiger partial charge < -0.3 is 15.0 Å². The molecule has 0 unspecified atom stereocenters. The number of rotatable bonds is 6. The molecule has 0 aliphatic rings. The maximum absolute atomic E-state index is 12.8. The number of benzene rings is 1. The van der Waals surface area contributed by atoms with E-state index in [1.165, 1.54) is 24.3 Å². The average Bonchev–Trinajstić information content (AvgIpc) is 2.92. The summed E-state index contributed by atoms with van der Waals surface area (Å²) in [4.78, 5) is 25.8. The normalized spacial score (nSPS) is 10.3. The Balaban J connectivity index is 1.90. The van der Waals surface area contributed by atoms with Gasteiger partial charge in [0, 0.05) is 12.0 Å². The van der Waals surface area contributed by atoms with Gasteiger partial charge in [-0.3, -0.25) is 9.59 Å². The summed E-state index contributed by atoms with van der Waals surface area (Å²) in [5.74, 6) is -1.13. The minimum absolute atomic E-state index is 0.0155. The standard InChI is InChI=1S/C13H12FN3O4/c14-9-3-1-8(2-4-9)13-16-11(21-17-13)5-6-12(19)20-7-10(15)18/h1-4H,5-7H2,(H2,15,18). The molecule has 2 N–H and O–H groups in total. The van der Waals surface area contributed by atoms with E-state index in [1.54, 1.807) is 0 Å². The van der Waals surface area contributed by atoms with Crippen LogP contribution in [0, 0.1) is 5.82 Å². The van der Waals surface area contributed by atoms with E-state index in [-0.39, 0.29) is 24.5 Å². The minimum atomic E-state index is -0.722. The van der Waals surface area contributed by atoms with Crippen molar-refractivity contribution in [3.8, 4) is 11.4 Å². The van der Waals surface area contributed by atoms with Crippen molar-refractivity contribution in [3.05, 3.63) is 36.0 Å². The van der Waals surface area contributed by atoms with Crippen molar-refractivity contribution in [2.24, 2.45) is 5.73 Å². The van der Waals surface area contributed by atoms with Gasteiger partial charge in [-0.25, -0.2) is 4.39 Å². The first-order valence-electron chi connectivity index (χ1n) is 6.07. The molecule has 0 atom stereocenters. The van der Waals surface area contributed by atoms with E-state index in [0.717, 1.165) is 0 Å². The Morgan fingerprint density at radius 3 is 2.67 bits per heavy atom. The van der Waals surface area contributed by atoms with Gasteiger partial charge in [-0.1, -0.05) is 5.16 Å². The molecule has 0 aliphatic heterocycles. The maximum atomic E-state index is 12.8. The van der Waals surface area contributed by atoms with Gasteiger partial charge in [-0.2, -0.15) is 4.98 Å². The zero-order valence-electron chi connectivity index (χ0n) is 10.9. The van der Waals surface area contributed by atoms with Crippen LogP contribution in [0.5, 0.6) is 0 Å². The fourth-order valence-electron chi connectivity index (χ4n) is 1.51. The highest BCUT2D eigenvalue weighted by molar-refractivity contribution is 5.79. The highest BCUT2D eigenvalue weighted by Crippen LogP contribution is 2.16. The molecular formula is C13H12FN3O4. The second-order valence-corrected chi connectivity index (χ2v) is 4.15. The Kier molecular flexibility index (Phi) is 4.60. The van der Waals surface area contributed by atoms with Gasteiger partial charge in [0.15, 0.2) is 6.61 Å². The second kappa shape index (κ2) is 6.60. The number of hydrogen-bond acceptors (Lipinski definition) is 6. The summed E-state index contributed by atoms with van der Waals surface area (Å²) < 4.78 is 22.4. The predicted molar refractivity (Wildman–Crippen MR) is 68.2 cm³/mol. The lowest BCUT2D eigenvalue weighted by molar-refractivity contribution is -0.147. The molecule has 1 amide bonds. The van der Waals surface area contributed by atoms with E-state index in [4.69, 9.17) is 10.3 Å². The number of aromatic nitrogens is 2. The summed E-state index contributed by atoms with van der Waals surface area (Å²) in [5.41, 5.74) is 5.44. The summed E-state index contributed by atoms with van der Waals surface area (Å²) in [6, 6.07) is 5.61. The molecule has 2 aromatic rings. The average molecular weight is 293 g/mol. The Hall–Kier alpha value is -2.77. The smallest absolute Gasteiger partial charge is 0.306 e. The first kappa shape index (κ1) is 14.6. The Morgan fingerprint density at radius 2 is 2.00 bits per heavy atom. The second-order valence-electron chi connectivity index (χ2n) is 4.15. The van der Waals surface area contributed by atoms with Crippen molar-refractivity contribution in [2.75, 3.05) is 6.61 Å². The van der Waals surface area contributed by atoms with Crippen LogP contribution in [-0.4, -0.2) is 28.6 Å². The minimum Gasteiger partial charge on any atom is -0.456 e. The number of nitrogens with two attached hydrogens (primary N) is 1. The van der Waals surface area contributed by atoms with Gasteiger partial charge in [-0.05, 0) is 24.3 Å². The molecule has 8 heteroatoms. The fraction of sp³-hybridized carbons (Fsp3) is 0.231. The van der Waals surface area contributed by atoms with Crippen LogP contribution >= 0.6 is 0 Å². The summed E-state index contributed by atoms with van der Waals surface area (Å²) in [5, 5.41) is 3.73. The van der Waals surface area contributed by atoms with Gasteiger partial charge in [0.05, 0.1) is 6.42 Å². The van der Waals surface area contributed by atoms with Gasteiger partial charge in [0.25, 0.3) is 5.91 Å². The topological polar surface area (TPSA) is 108 Å². The van der Waals surface area contributed by atoms with E-state index in [0.29, 0.717) is 11.4 Å². The maximum Gasteiger partial charge on any atom is 0.306 e. The molecule has 0 radical (unpaired) electrons. The van der Waals surface area contributed by atoms with Crippen LogP contribution < -0.4 is 5.73 Å². The summed E-state index contributed by atoms with van der Waals surface area (Å²) in [6.45, 7) is -0.455. The van der Waals surface area contributed by atoms with E-state index < -0.39 is 18.5 Å². The summed E-state index contributed by atoms with van der Waals surface area (Å²) >= 11 is 0. The molecule has 1 aromatic carbocycles. The van der Waals surface area contributed by atoms with Crippen LogP contribution in [0.4, 0.5) is 4.39 Å². The van der Waals surface area contributed by atoms with Crippen LogP contribution in [-0.2, 0) is 20.7 Å². The number of halogens is 1. The van der Waals surface area contributed by atoms with Crippen LogP contribution in [0.2, 0.25) is 0 Å². The number of carbonyl (C=O) groups excluding carboxylic acids is 2. The first-order valence-corrected chi connectivity index (χ1v) is 6.07. The van der Waals surface area contributed by atoms with Crippen molar-refractivity contribution in [2.45, 2.75) is 12.8 Å². The van der Waals surface area contributed by atoms with Crippen molar-refractivity contribution in [1.82, 2.24) is 10.1 Å². The molecule has 0 fully saturated rings. The van der Waals surface area contributed by atoms with Gasteiger partial charge in [0.2, 0.25) is 11.7 Å². The molecule has 21 heavy (non-hydrogen) atoms. The summed E-state index contributed by atoms with van der Waals surface area (Å²) in [6.07, 6.45) is 0.157. The predicted octanol–water partition coefficient (Wildman–Crippen LogP) is 0.837. The first-order chi connectivity index (χ1) is 10.0. The number of hydrogen-bond donors (Lipinski definition) is 1. The van der Waals surface area contributed by atoms with E-state index in [9.17, 15) is 14.0 Å². The lowest BCUT2D eigenvalue weighted by atomic mass is 10.2. The lowest BCUT2D eigenvalue weighted by Gasteiger charge is -1.99. The number of esters is 1. The number of ether oxygens (including phenoxy) is 1. The largest absolute Gasteiger partial charge is 0.456 e. The van der Waals surface area contributed by atoms with Crippen molar-refractivity contribution < 1.29 is 23.2 Å². The Morgan fingerprint density at radius 1 is 1.29 bits per heavy atom. The van der Waals surface area contributed by atoms with Gasteiger partial charge in [0.1, 0.15) is 5.82 Å².